The van der Waals surface area contributed by atoms with Gasteiger partial charge in [-0.05, 0) is 70.9 Å². The van der Waals surface area contributed by atoms with Crippen LogP contribution < -0.4 is 0 Å². The van der Waals surface area contributed by atoms with Crippen LogP contribution >= 0.6 is 0 Å². The third-order valence-corrected chi connectivity index (χ3v) is 6.11. The summed E-state index contributed by atoms with van der Waals surface area (Å²) in [4.78, 5) is 19.6. The van der Waals surface area contributed by atoms with Crippen LogP contribution in [0.3, 0.4) is 0 Å². The van der Waals surface area contributed by atoms with Crippen molar-refractivity contribution in [3.05, 3.63) is 35.6 Å². The van der Waals surface area contributed by atoms with E-state index in [1.54, 1.807) is 12.1 Å². The van der Waals surface area contributed by atoms with Crippen molar-refractivity contribution >= 4 is 5.91 Å². The van der Waals surface area contributed by atoms with Crippen molar-refractivity contribution in [1.82, 2.24) is 14.7 Å². The summed E-state index contributed by atoms with van der Waals surface area (Å²) >= 11 is 0. The molecule has 0 bridgehead atoms. The summed E-state index contributed by atoms with van der Waals surface area (Å²) in [5.41, 5.74) is 1.14. The van der Waals surface area contributed by atoms with Crippen LogP contribution in [0, 0.1) is 5.82 Å². The molecule has 25 heavy (non-hydrogen) atoms. The van der Waals surface area contributed by atoms with Crippen molar-refractivity contribution in [2.45, 2.75) is 50.7 Å². The predicted octanol–water partition coefficient (Wildman–Crippen LogP) is 2.73. The number of rotatable bonds is 4. The van der Waals surface area contributed by atoms with Crippen LogP contribution in [-0.4, -0.2) is 65.9 Å². The highest BCUT2D eigenvalue weighted by Gasteiger charge is 2.47. The molecule has 0 aromatic heterocycles. The third-order valence-electron chi connectivity index (χ3n) is 6.11. The SMILES string of the molecule is CN(CC(=O)N1CCC[C@@]2(C)[C@@H]1CCCN2C)Cc1ccc(F)cc1. The molecule has 1 aromatic rings. The van der Waals surface area contributed by atoms with Crippen LogP contribution in [0.4, 0.5) is 4.39 Å². The number of hydrogen-bond donors (Lipinski definition) is 0. The first kappa shape index (κ1) is 18.3. The lowest BCUT2D eigenvalue weighted by Crippen LogP contribution is -2.66. The van der Waals surface area contributed by atoms with E-state index in [0.717, 1.165) is 37.9 Å². The maximum atomic E-state index is 13.0. The van der Waals surface area contributed by atoms with E-state index in [-0.39, 0.29) is 17.3 Å². The van der Waals surface area contributed by atoms with Gasteiger partial charge in [-0.3, -0.25) is 14.6 Å². The number of carbonyl (C=O) groups excluding carboxylic acids is 1. The number of likely N-dealkylation sites (tertiary alicyclic amines) is 2. The topological polar surface area (TPSA) is 26.8 Å². The first-order valence-electron chi connectivity index (χ1n) is 9.34. The predicted molar refractivity (Wildman–Crippen MR) is 97.7 cm³/mol. The lowest BCUT2D eigenvalue weighted by Gasteiger charge is -2.55. The van der Waals surface area contributed by atoms with Gasteiger partial charge in [-0.15, -0.1) is 0 Å². The van der Waals surface area contributed by atoms with Crippen molar-refractivity contribution in [2.24, 2.45) is 0 Å². The van der Waals surface area contributed by atoms with Gasteiger partial charge >= 0.3 is 0 Å². The van der Waals surface area contributed by atoms with Crippen molar-refractivity contribution < 1.29 is 9.18 Å². The molecule has 4 nitrogen and oxygen atoms in total. The summed E-state index contributed by atoms with van der Waals surface area (Å²) in [6.07, 6.45) is 4.51. The normalized spacial score (nSPS) is 27.4. The minimum absolute atomic E-state index is 0.113. The molecule has 3 rings (SSSR count). The third kappa shape index (κ3) is 3.87. The monoisotopic (exact) mass is 347 g/mol. The molecule has 0 radical (unpaired) electrons. The molecule has 0 aliphatic carbocycles. The Morgan fingerprint density at radius 2 is 2.00 bits per heavy atom. The summed E-state index contributed by atoms with van der Waals surface area (Å²) in [7, 11) is 4.15. The number of fused-ring (bicyclic) bond motifs is 1. The Kier molecular flexibility index (Phi) is 5.44. The van der Waals surface area contributed by atoms with Crippen LogP contribution in [0.5, 0.6) is 0 Å². The Morgan fingerprint density at radius 3 is 2.72 bits per heavy atom. The van der Waals surface area contributed by atoms with E-state index < -0.39 is 0 Å². The molecule has 2 aliphatic rings. The largest absolute Gasteiger partial charge is 0.337 e. The highest BCUT2D eigenvalue weighted by molar-refractivity contribution is 5.79. The number of carbonyl (C=O) groups is 1. The molecule has 2 aliphatic heterocycles. The molecular weight excluding hydrogens is 317 g/mol. The van der Waals surface area contributed by atoms with Gasteiger partial charge in [0.1, 0.15) is 5.82 Å². The Bertz CT molecular complexity index is 605. The van der Waals surface area contributed by atoms with E-state index in [0.29, 0.717) is 19.1 Å². The second-order valence-corrected chi connectivity index (χ2v) is 7.93. The molecule has 138 valence electrons. The van der Waals surface area contributed by atoms with Gasteiger partial charge in [0.2, 0.25) is 5.91 Å². The van der Waals surface area contributed by atoms with Gasteiger partial charge in [-0.1, -0.05) is 12.1 Å². The molecule has 1 amide bonds. The van der Waals surface area contributed by atoms with E-state index in [9.17, 15) is 9.18 Å². The summed E-state index contributed by atoms with van der Waals surface area (Å²) in [5, 5.41) is 0. The summed E-state index contributed by atoms with van der Waals surface area (Å²) < 4.78 is 13.0. The Labute approximate surface area is 150 Å². The molecule has 2 heterocycles. The zero-order valence-electron chi connectivity index (χ0n) is 15.7. The number of halogens is 1. The molecule has 2 atom stereocenters. The molecule has 5 heteroatoms. The molecule has 2 saturated heterocycles. The standard InChI is InChI=1S/C20H30FN3O/c1-20-11-5-13-24(18(20)6-4-12-23(20)3)19(25)15-22(2)14-16-7-9-17(21)10-8-16/h7-10,18H,4-6,11-15H2,1-3H3/t18-,20-/m0/s1. The Morgan fingerprint density at radius 1 is 1.28 bits per heavy atom. The molecular formula is C20H30FN3O. The van der Waals surface area contributed by atoms with Gasteiger partial charge in [-0.2, -0.15) is 0 Å². The van der Waals surface area contributed by atoms with Crippen LogP contribution in [0.15, 0.2) is 24.3 Å². The molecule has 0 saturated carbocycles. The van der Waals surface area contributed by atoms with Gasteiger partial charge < -0.3 is 4.90 Å². The number of nitrogens with zero attached hydrogens (tertiary/aromatic N) is 3. The molecule has 2 fully saturated rings. The van der Waals surface area contributed by atoms with Gasteiger partial charge in [0.05, 0.1) is 6.54 Å². The van der Waals surface area contributed by atoms with E-state index in [2.05, 4.69) is 23.8 Å². The molecule has 0 N–H and O–H groups in total. The average Bonchev–Trinajstić information content (AvgIpc) is 2.57. The van der Waals surface area contributed by atoms with Crippen LogP contribution in [0.2, 0.25) is 0 Å². The lowest BCUT2D eigenvalue weighted by atomic mass is 9.76. The molecule has 1 aromatic carbocycles. The van der Waals surface area contributed by atoms with Crippen LogP contribution in [0.25, 0.3) is 0 Å². The number of benzene rings is 1. The first-order chi connectivity index (χ1) is 11.9. The minimum Gasteiger partial charge on any atom is -0.337 e. The van der Waals surface area contributed by atoms with Gasteiger partial charge in [0, 0.05) is 24.7 Å². The summed E-state index contributed by atoms with van der Waals surface area (Å²) in [5.74, 6) is -0.00710. The lowest BCUT2D eigenvalue weighted by molar-refractivity contribution is -0.144. The number of hydrogen-bond acceptors (Lipinski definition) is 3. The van der Waals surface area contributed by atoms with Crippen molar-refractivity contribution in [3.63, 3.8) is 0 Å². The van der Waals surface area contributed by atoms with Crippen LogP contribution in [-0.2, 0) is 11.3 Å². The second kappa shape index (κ2) is 7.42. The first-order valence-corrected chi connectivity index (χ1v) is 9.34. The Hall–Kier alpha value is -1.46. The van der Waals surface area contributed by atoms with E-state index >= 15 is 0 Å². The van der Waals surface area contributed by atoms with E-state index in [1.165, 1.54) is 18.6 Å². The Balaban J connectivity index is 1.62. The zero-order chi connectivity index (χ0) is 18.0. The maximum absolute atomic E-state index is 13.0. The minimum atomic E-state index is -0.225. The van der Waals surface area contributed by atoms with E-state index in [4.69, 9.17) is 0 Å². The van der Waals surface area contributed by atoms with Gasteiger partial charge in [0.15, 0.2) is 0 Å². The van der Waals surface area contributed by atoms with Crippen LogP contribution in [0.1, 0.15) is 38.2 Å². The summed E-state index contributed by atoms with van der Waals surface area (Å²) in [6.45, 7) is 5.38. The number of amides is 1. The smallest absolute Gasteiger partial charge is 0.237 e. The fourth-order valence-electron chi connectivity index (χ4n) is 4.53. The van der Waals surface area contributed by atoms with Crippen molar-refractivity contribution in [3.8, 4) is 0 Å². The zero-order valence-corrected chi connectivity index (χ0v) is 15.7. The van der Waals surface area contributed by atoms with Gasteiger partial charge in [-0.25, -0.2) is 4.39 Å². The maximum Gasteiger partial charge on any atom is 0.237 e. The summed E-state index contributed by atoms with van der Waals surface area (Å²) in [6, 6.07) is 6.83. The van der Waals surface area contributed by atoms with E-state index in [1.807, 2.05) is 11.9 Å². The fourth-order valence-corrected chi connectivity index (χ4v) is 4.53. The highest BCUT2D eigenvalue weighted by Crippen LogP contribution is 2.38. The number of likely N-dealkylation sites (N-methyl/N-ethyl adjacent to an activating group) is 2. The highest BCUT2D eigenvalue weighted by atomic mass is 19.1. The number of piperidine rings is 2. The quantitative estimate of drug-likeness (QED) is 0.838. The van der Waals surface area contributed by atoms with Crippen molar-refractivity contribution in [1.29, 1.82) is 0 Å². The second-order valence-electron chi connectivity index (χ2n) is 7.93. The fraction of sp³-hybridized carbons (Fsp3) is 0.650. The average molecular weight is 347 g/mol. The molecule has 0 unspecified atom stereocenters. The van der Waals surface area contributed by atoms with Gasteiger partial charge in [0.25, 0.3) is 0 Å². The van der Waals surface area contributed by atoms with Crippen molar-refractivity contribution in [2.75, 3.05) is 33.7 Å². The molecule has 0 spiro atoms.